The van der Waals surface area contributed by atoms with Gasteiger partial charge in [-0.25, -0.2) is 0 Å². The van der Waals surface area contributed by atoms with E-state index < -0.39 is 25.4 Å². The molecular formula is C20H36O6Si. The summed E-state index contributed by atoms with van der Waals surface area (Å²) in [7, 11) is -2.01. The quantitative estimate of drug-likeness (QED) is 0.500. The normalized spacial score (nSPS) is 28.6. The van der Waals surface area contributed by atoms with Crippen molar-refractivity contribution in [3.63, 3.8) is 0 Å². The molecule has 1 spiro atoms. The van der Waals surface area contributed by atoms with Crippen molar-refractivity contribution in [1.82, 2.24) is 0 Å². The first-order chi connectivity index (χ1) is 12.3. The zero-order valence-corrected chi connectivity index (χ0v) is 19.0. The van der Waals surface area contributed by atoms with Crippen LogP contribution in [0.5, 0.6) is 0 Å². The third-order valence-electron chi connectivity index (χ3n) is 6.27. The Bertz CT molecular complexity index is 561. The SMILES string of the molecule is CCOC(=O)CC1CC2(CC(C)(CO[Si](C)(C)C(C)(C)C)C1=O)OCCO2. The molecule has 1 aliphatic carbocycles. The molecule has 0 bridgehead atoms. The number of esters is 1. The zero-order valence-electron chi connectivity index (χ0n) is 18.0. The molecule has 2 unspecified atom stereocenters. The highest BCUT2D eigenvalue weighted by Gasteiger charge is 2.56. The van der Waals surface area contributed by atoms with Crippen LogP contribution in [0, 0.1) is 11.3 Å². The molecule has 1 saturated carbocycles. The van der Waals surface area contributed by atoms with Crippen LogP contribution in [-0.2, 0) is 28.2 Å². The summed E-state index contributed by atoms with van der Waals surface area (Å²) >= 11 is 0. The summed E-state index contributed by atoms with van der Waals surface area (Å²) in [6.45, 7) is 16.2. The fraction of sp³-hybridized carbons (Fsp3) is 0.900. The molecule has 2 fully saturated rings. The lowest BCUT2D eigenvalue weighted by Gasteiger charge is -2.47. The second-order valence-electron chi connectivity index (χ2n) is 9.67. The highest BCUT2D eigenvalue weighted by atomic mass is 28.4. The van der Waals surface area contributed by atoms with Crippen LogP contribution in [0.15, 0.2) is 0 Å². The van der Waals surface area contributed by atoms with Crippen molar-refractivity contribution >= 4 is 20.1 Å². The number of rotatable bonds is 6. The van der Waals surface area contributed by atoms with Gasteiger partial charge in [0.05, 0.1) is 31.7 Å². The van der Waals surface area contributed by atoms with E-state index in [0.29, 0.717) is 39.3 Å². The van der Waals surface area contributed by atoms with Gasteiger partial charge in [-0.1, -0.05) is 27.7 Å². The van der Waals surface area contributed by atoms with Crippen LogP contribution in [0.4, 0.5) is 0 Å². The molecule has 0 amide bonds. The van der Waals surface area contributed by atoms with E-state index in [1.54, 1.807) is 6.92 Å². The van der Waals surface area contributed by atoms with Crippen LogP contribution >= 0.6 is 0 Å². The Kier molecular flexibility index (Phi) is 6.62. The number of ether oxygens (including phenoxy) is 3. The second-order valence-corrected chi connectivity index (χ2v) is 14.5. The van der Waals surface area contributed by atoms with Gasteiger partial charge in [0.2, 0.25) is 0 Å². The maximum absolute atomic E-state index is 13.3. The maximum atomic E-state index is 13.3. The first-order valence-electron chi connectivity index (χ1n) is 9.96. The van der Waals surface area contributed by atoms with Crippen molar-refractivity contribution in [2.24, 2.45) is 11.3 Å². The molecule has 0 radical (unpaired) electrons. The van der Waals surface area contributed by atoms with Crippen molar-refractivity contribution in [3.8, 4) is 0 Å². The topological polar surface area (TPSA) is 71.1 Å². The van der Waals surface area contributed by atoms with Gasteiger partial charge in [-0.05, 0) is 25.1 Å². The predicted octanol–water partition coefficient (Wildman–Crippen LogP) is 3.69. The number of hydrogen-bond donors (Lipinski definition) is 0. The average Bonchev–Trinajstić information content (AvgIpc) is 2.97. The van der Waals surface area contributed by atoms with Gasteiger partial charge < -0.3 is 18.6 Å². The number of carbonyl (C=O) groups excluding carboxylic acids is 2. The molecule has 2 rings (SSSR count). The summed E-state index contributed by atoms with van der Waals surface area (Å²) in [6, 6.07) is 0. The van der Waals surface area contributed by atoms with Gasteiger partial charge >= 0.3 is 5.97 Å². The van der Waals surface area contributed by atoms with E-state index in [1.165, 1.54) is 0 Å². The molecule has 1 saturated heterocycles. The average molecular weight is 401 g/mol. The third-order valence-corrected chi connectivity index (χ3v) is 10.8. The monoisotopic (exact) mass is 400 g/mol. The van der Waals surface area contributed by atoms with Crippen LogP contribution in [0.25, 0.3) is 0 Å². The Morgan fingerprint density at radius 2 is 1.85 bits per heavy atom. The first kappa shape index (κ1) is 22.5. The Balaban J connectivity index is 2.21. The lowest BCUT2D eigenvalue weighted by molar-refractivity contribution is -0.213. The van der Waals surface area contributed by atoms with Gasteiger partial charge in [0.25, 0.3) is 0 Å². The smallest absolute Gasteiger partial charge is 0.306 e. The molecule has 0 aromatic rings. The lowest BCUT2D eigenvalue weighted by Crippen LogP contribution is -2.55. The molecule has 0 aromatic heterocycles. The van der Waals surface area contributed by atoms with Crippen LogP contribution in [0.1, 0.15) is 53.9 Å². The van der Waals surface area contributed by atoms with E-state index in [2.05, 4.69) is 33.9 Å². The summed E-state index contributed by atoms with van der Waals surface area (Å²) in [5.74, 6) is -1.56. The molecule has 1 aliphatic heterocycles. The van der Waals surface area contributed by atoms with Gasteiger partial charge in [-0.15, -0.1) is 0 Å². The van der Waals surface area contributed by atoms with Gasteiger partial charge in [0.15, 0.2) is 14.1 Å². The number of hydrogen-bond acceptors (Lipinski definition) is 6. The Morgan fingerprint density at radius 3 is 2.37 bits per heavy atom. The number of Topliss-reactive ketones (excluding diaryl/α,β-unsaturated/α-hetero) is 1. The number of carbonyl (C=O) groups is 2. The Hall–Kier alpha value is -0.763. The van der Waals surface area contributed by atoms with E-state index in [1.807, 2.05) is 6.92 Å². The molecule has 0 N–H and O–H groups in total. The lowest BCUT2D eigenvalue weighted by atomic mass is 9.66. The fourth-order valence-electron chi connectivity index (χ4n) is 3.70. The van der Waals surface area contributed by atoms with Crippen LogP contribution in [-0.4, -0.2) is 52.3 Å². The van der Waals surface area contributed by atoms with Gasteiger partial charge in [0.1, 0.15) is 5.78 Å². The van der Waals surface area contributed by atoms with Crippen LogP contribution in [0.2, 0.25) is 18.1 Å². The minimum atomic E-state index is -2.01. The summed E-state index contributed by atoms with van der Waals surface area (Å²) in [6.07, 6.45) is 0.934. The van der Waals surface area contributed by atoms with Crippen molar-refractivity contribution in [2.75, 3.05) is 26.4 Å². The largest absolute Gasteiger partial charge is 0.466 e. The molecule has 156 valence electrons. The number of ketones is 1. The molecule has 6 nitrogen and oxygen atoms in total. The van der Waals surface area contributed by atoms with Crippen LogP contribution < -0.4 is 0 Å². The summed E-state index contributed by atoms with van der Waals surface area (Å²) in [5.41, 5.74) is -0.741. The second kappa shape index (κ2) is 7.93. The molecule has 7 heteroatoms. The highest BCUT2D eigenvalue weighted by Crippen LogP contribution is 2.48. The Labute approximate surface area is 164 Å². The molecule has 27 heavy (non-hydrogen) atoms. The summed E-state index contributed by atoms with van der Waals surface area (Å²) in [5, 5.41) is 0.0590. The van der Waals surface area contributed by atoms with Gasteiger partial charge in [0, 0.05) is 25.4 Å². The Morgan fingerprint density at radius 1 is 1.26 bits per heavy atom. The van der Waals surface area contributed by atoms with Crippen molar-refractivity contribution in [2.45, 2.75) is 77.8 Å². The van der Waals surface area contributed by atoms with Crippen LogP contribution in [0.3, 0.4) is 0 Å². The highest BCUT2D eigenvalue weighted by molar-refractivity contribution is 6.74. The van der Waals surface area contributed by atoms with E-state index in [4.69, 9.17) is 18.6 Å². The molecule has 1 heterocycles. The van der Waals surface area contributed by atoms with E-state index in [9.17, 15) is 9.59 Å². The predicted molar refractivity (Wildman–Crippen MR) is 105 cm³/mol. The van der Waals surface area contributed by atoms with E-state index >= 15 is 0 Å². The van der Waals surface area contributed by atoms with Crippen molar-refractivity contribution in [3.05, 3.63) is 0 Å². The standard InChI is InChI=1S/C20H36O6Si/c1-8-23-16(21)11-15-12-20(24-9-10-25-20)13-19(5,17(15)22)14-26-27(6,7)18(2,3)4/h15H,8-14H2,1-7H3. The minimum absolute atomic E-state index is 0.0546. The summed E-state index contributed by atoms with van der Waals surface area (Å²) < 4.78 is 23.3. The van der Waals surface area contributed by atoms with Gasteiger partial charge in [-0.2, -0.15) is 0 Å². The van der Waals surface area contributed by atoms with E-state index in [0.717, 1.165) is 0 Å². The fourth-order valence-corrected chi connectivity index (χ4v) is 4.81. The minimum Gasteiger partial charge on any atom is -0.466 e. The van der Waals surface area contributed by atoms with Crippen molar-refractivity contribution < 1.29 is 28.2 Å². The molecular weight excluding hydrogens is 364 g/mol. The van der Waals surface area contributed by atoms with Gasteiger partial charge in [-0.3, -0.25) is 9.59 Å². The molecule has 2 atom stereocenters. The third kappa shape index (κ3) is 4.99. The van der Waals surface area contributed by atoms with Crippen molar-refractivity contribution in [1.29, 1.82) is 0 Å². The molecule has 0 aromatic carbocycles. The zero-order chi connectivity index (χ0) is 20.5. The van der Waals surface area contributed by atoms with E-state index in [-0.39, 0.29) is 23.2 Å². The maximum Gasteiger partial charge on any atom is 0.306 e. The first-order valence-corrected chi connectivity index (χ1v) is 12.9. The summed E-state index contributed by atoms with van der Waals surface area (Å²) in [4.78, 5) is 25.3. The molecule has 2 aliphatic rings.